The van der Waals surface area contributed by atoms with Gasteiger partial charge in [0.1, 0.15) is 10.8 Å². The standard InChI is InChI=1S/C13H12ClFN2S/c14-8-6-7(4-5-9(8)15)12(16)13-17-10-2-1-3-11(10)18-13/h4-6,12H,1-3,16H2. The predicted molar refractivity (Wildman–Crippen MR) is 71.6 cm³/mol. The molecule has 0 saturated carbocycles. The van der Waals surface area contributed by atoms with Crippen molar-refractivity contribution < 1.29 is 4.39 Å². The zero-order chi connectivity index (χ0) is 12.7. The number of hydrogen-bond donors (Lipinski definition) is 1. The molecule has 0 aliphatic heterocycles. The van der Waals surface area contributed by atoms with Gasteiger partial charge in [-0.2, -0.15) is 0 Å². The van der Waals surface area contributed by atoms with Crippen LogP contribution in [-0.2, 0) is 12.8 Å². The van der Waals surface area contributed by atoms with E-state index in [9.17, 15) is 4.39 Å². The van der Waals surface area contributed by atoms with E-state index in [1.807, 2.05) is 0 Å². The number of halogens is 2. The zero-order valence-electron chi connectivity index (χ0n) is 9.62. The molecule has 94 valence electrons. The lowest BCUT2D eigenvalue weighted by Gasteiger charge is -2.09. The van der Waals surface area contributed by atoms with E-state index in [1.54, 1.807) is 23.5 Å². The SMILES string of the molecule is NC(c1ccc(F)c(Cl)c1)c1nc2c(s1)CCC2. The highest BCUT2D eigenvalue weighted by Crippen LogP contribution is 2.32. The van der Waals surface area contributed by atoms with E-state index < -0.39 is 5.82 Å². The predicted octanol–water partition coefficient (Wildman–Crippen LogP) is 3.47. The molecule has 0 bridgehead atoms. The van der Waals surface area contributed by atoms with Gasteiger partial charge in [-0.05, 0) is 37.0 Å². The number of benzene rings is 1. The van der Waals surface area contributed by atoms with Gasteiger partial charge in [-0.1, -0.05) is 17.7 Å². The number of nitrogens with two attached hydrogens (primary N) is 1. The maximum absolute atomic E-state index is 13.1. The van der Waals surface area contributed by atoms with E-state index in [4.69, 9.17) is 17.3 Å². The molecule has 2 aromatic rings. The molecular weight excluding hydrogens is 271 g/mol. The van der Waals surface area contributed by atoms with Crippen molar-refractivity contribution >= 4 is 22.9 Å². The Balaban J connectivity index is 1.93. The maximum atomic E-state index is 13.1. The second kappa shape index (κ2) is 4.61. The number of hydrogen-bond acceptors (Lipinski definition) is 3. The average Bonchev–Trinajstić information content (AvgIpc) is 2.92. The van der Waals surface area contributed by atoms with Gasteiger partial charge in [0.2, 0.25) is 0 Å². The third-order valence-electron chi connectivity index (χ3n) is 3.18. The molecule has 1 heterocycles. The number of thiazole rings is 1. The highest BCUT2D eigenvalue weighted by atomic mass is 35.5. The van der Waals surface area contributed by atoms with Gasteiger partial charge >= 0.3 is 0 Å². The molecule has 1 unspecified atom stereocenters. The molecule has 1 aromatic carbocycles. The Morgan fingerprint density at radius 2 is 2.22 bits per heavy atom. The molecule has 18 heavy (non-hydrogen) atoms. The Morgan fingerprint density at radius 3 is 2.94 bits per heavy atom. The lowest BCUT2D eigenvalue weighted by atomic mass is 10.1. The van der Waals surface area contributed by atoms with Crippen LogP contribution in [0.1, 0.15) is 33.6 Å². The Morgan fingerprint density at radius 1 is 1.39 bits per heavy atom. The van der Waals surface area contributed by atoms with Crippen molar-refractivity contribution in [2.24, 2.45) is 5.73 Å². The largest absolute Gasteiger partial charge is 0.318 e. The van der Waals surface area contributed by atoms with Crippen molar-refractivity contribution in [2.45, 2.75) is 25.3 Å². The fourth-order valence-corrected chi connectivity index (χ4v) is 3.56. The summed E-state index contributed by atoms with van der Waals surface area (Å²) in [6.45, 7) is 0. The molecule has 0 radical (unpaired) electrons. The van der Waals surface area contributed by atoms with Crippen molar-refractivity contribution in [3.63, 3.8) is 0 Å². The van der Waals surface area contributed by atoms with Gasteiger partial charge in [0.15, 0.2) is 0 Å². The molecule has 3 rings (SSSR count). The third kappa shape index (κ3) is 2.05. The first-order chi connectivity index (χ1) is 8.65. The minimum atomic E-state index is -0.422. The molecule has 1 aliphatic carbocycles. The first-order valence-electron chi connectivity index (χ1n) is 5.84. The fraction of sp³-hybridized carbons (Fsp3) is 0.308. The first-order valence-corrected chi connectivity index (χ1v) is 7.03. The summed E-state index contributed by atoms with van der Waals surface area (Å²) in [5, 5.41) is 0.995. The van der Waals surface area contributed by atoms with Gasteiger partial charge in [0, 0.05) is 4.88 Å². The molecule has 1 atom stereocenters. The number of aromatic nitrogens is 1. The smallest absolute Gasteiger partial charge is 0.141 e. The van der Waals surface area contributed by atoms with Crippen molar-refractivity contribution in [2.75, 3.05) is 0 Å². The van der Waals surface area contributed by atoms with E-state index in [1.165, 1.54) is 23.1 Å². The quantitative estimate of drug-likeness (QED) is 0.916. The highest BCUT2D eigenvalue weighted by molar-refractivity contribution is 7.11. The molecule has 1 aliphatic rings. The summed E-state index contributed by atoms with van der Waals surface area (Å²) in [5.41, 5.74) is 8.14. The van der Waals surface area contributed by atoms with Crippen LogP contribution in [0, 0.1) is 5.82 Å². The summed E-state index contributed by atoms with van der Waals surface area (Å²) >= 11 is 7.43. The second-order valence-corrected chi connectivity index (χ2v) is 5.95. The molecule has 2 nitrogen and oxygen atoms in total. The van der Waals surface area contributed by atoms with E-state index in [0.29, 0.717) is 0 Å². The van der Waals surface area contributed by atoms with E-state index in [0.717, 1.165) is 23.4 Å². The minimum absolute atomic E-state index is 0.104. The highest BCUT2D eigenvalue weighted by Gasteiger charge is 2.21. The van der Waals surface area contributed by atoms with E-state index >= 15 is 0 Å². The van der Waals surface area contributed by atoms with Crippen LogP contribution in [0.2, 0.25) is 5.02 Å². The Hall–Kier alpha value is -0.970. The molecule has 0 spiro atoms. The lowest BCUT2D eigenvalue weighted by Crippen LogP contribution is -2.11. The summed E-state index contributed by atoms with van der Waals surface area (Å²) in [5.74, 6) is -0.422. The van der Waals surface area contributed by atoms with Crippen molar-refractivity contribution in [1.82, 2.24) is 4.98 Å². The van der Waals surface area contributed by atoms with Crippen molar-refractivity contribution in [3.05, 3.63) is 50.2 Å². The van der Waals surface area contributed by atoms with Crippen LogP contribution < -0.4 is 5.73 Å². The van der Waals surface area contributed by atoms with Crippen LogP contribution in [-0.4, -0.2) is 4.98 Å². The number of fused-ring (bicyclic) bond motifs is 1. The fourth-order valence-electron chi connectivity index (χ4n) is 2.19. The zero-order valence-corrected chi connectivity index (χ0v) is 11.2. The van der Waals surface area contributed by atoms with Gasteiger partial charge in [-0.3, -0.25) is 0 Å². The van der Waals surface area contributed by atoms with Gasteiger partial charge in [0.25, 0.3) is 0 Å². The number of nitrogens with zero attached hydrogens (tertiary/aromatic N) is 1. The molecule has 5 heteroatoms. The summed E-state index contributed by atoms with van der Waals surface area (Å²) in [6.07, 6.45) is 3.33. The Labute approximate surface area is 114 Å². The van der Waals surface area contributed by atoms with Gasteiger partial charge in [-0.15, -0.1) is 11.3 Å². The Bertz CT molecular complexity index is 575. The molecule has 2 N–H and O–H groups in total. The minimum Gasteiger partial charge on any atom is -0.318 e. The normalized spacial score (nSPS) is 15.7. The average molecular weight is 283 g/mol. The topological polar surface area (TPSA) is 38.9 Å². The summed E-state index contributed by atoms with van der Waals surface area (Å²) in [6, 6.07) is 4.27. The van der Waals surface area contributed by atoms with Gasteiger partial charge < -0.3 is 5.73 Å². The molecule has 1 aromatic heterocycles. The Kier molecular flexibility index (Phi) is 3.09. The molecular formula is C13H12ClFN2S. The van der Waals surface area contributed by atoms with Gasteiger partial charge in [0.05, 0.1) is 16.8 Å². The van der Waals surface area contributed by atoms with Crippen LogP contribution in [0.15, 0.2) is 18.2 Å². The third-order valence-corrected chi connectivity index (χ3v) is 4.71. The van der Waals surface area contributed by atoms with Gasteiger partial charge in [-0.25, -0.2) is 9.37 Å². The van der Waals surface area contributed by atoms with E-state index in [2.05, 4.69) is 4.98 Å². The van der Waals surface area contributed by atoms with Crippen LogP contribution in [0.4, 0.5) is 4.39 Å². The van der Waals surface area contributed by atoms with Crippen LogP contribution >= 0.6 is 22.9 Å². The van der Waals surface area contributed by atoms with Crippen LogP contribution in [0.3, 0.4) is 0 Å². The number of rotatable bonds is 2. The molecule has 0 fully saturated rings. The molecule has 0 amide bonds. The van der Waals surface area contributed by atoms with Crippen LogP contribution in [0.25, 0.3) is 0 Å². The first kappa shape index (κ1) is 12.1. The summed E-state index contributed by atoms with van der Waals surface area (Å²) in [4.78, 5) is 5.92. The monoisotopic (exact) mass is 282 g/mol. The second-order valence-electron chi connectivity index (χ2n) is 4.43. The summed E-state index contributed by atoms with van der Waals surface area (Å²) in [7, 11) is 0. The van der Waals surface area contributed by atoms with Crippen molar-refractivity contribution in [1.29, 1.82) is 0 Å². The number of aryl methyl sites for hydroxylation is 2. The lowest BCUT2D eigenvalue weighted by molar-refractivity contribution is 0.626. The van der Waals surface area contributed by atoms with Crippen LogP contribution in [0.5, 0.6) is 0 Å². The maximum Gasteiger partial charge on any atom is 0.141 e. The molecule has 0 saturated heterocycles. The van der Waals surface area contributed by atoms with Crippen molar-refractivity contribution in [3.8, 4) is 0 Å². The van der Waals surface area contributed by atoms with E-state index in [-0.39, 0.29) is 11.1 Å². The summed E-state index contributed by atoms with van der Waals surface area (Å²) < 4.78 is 13.1.